The molecule has 0 aromatic heterocycles. The van der Waals surface area contributed by atoms with Crippen molar-refractivity contribution < 1.29 is 9.53 Å². The molecular weight excluding hydrogens is 282 g/mol. The molecule has 1 aromatic carbocycles. The van der Waals surface area contributed by atoms with Crippen LogP contribution in [0.1, 0.15) is 24.8 Å². The van der Waals surface area contributed by atoms with Crippen LogP contribution >= 0.6 is 23.4 Å². The van der Waals surface area contributed by atoms with Crippen molar-refractivity contribution in [1.29, 1.82) is 0 Å². The minimum Gasteiger partial charge on any atom is -0.469 e. The molecule has 1 aromatic rings. The first-order valence-corrected chi connectivity index (χ1v) is 7.63. The highest BCUT2D eigenvalue weighted by molar-refractivity contribution is 7.99. The summed E-state index contributed by atoms with van der Waals surface area (Å²) in [5.74, 6) is 0.810. The summed E-state index contributed by atoms with van der Waals surface area (Å²) in [6, 6.07) is 5.79. The summed E-state index contributed by atoms with van der Waals surface area (Å²) in [5, 5.41) is 0.709. The molecule has 19 heavy (non-hydrogen) atoms. The molecule has 0 spiro atoms. The molecule has 2 N–H and O–H groups in total. The summed E-state index contributed by atoms with van der Waals surface area (Å²) in [6.45, 7) is 0.479. The summed E-state index contributed by atoms with van der Waals surface area (Å²) in [4.78, 5) is 12.5. The highest BCUT2D eigenvalue weighted by Gasteiger charge is 2.44. The first-order chi connectivity index (χ1) is 9.08. The van der Waals surface area contributed by atoms with Crippen molar-refractivity contribution in [3.63, 3.8) is 0 Å². The van der Waals surface area contributed by atoms with Gasteiger partial charge in [0.05, 0.1) is 13.5 Å². The fourth-order valence-electron chi connectivity index (χ4n) is 2.01. The number of benzene rings is 1. The molecule has 0 amide bonds. The molecular formula is C14H18ClNO2S. The normalized spacial score (nSPS) is 16.2. The van der Waals surface area contributed by atoms with Gasteiger partial charge in [-0.05, 0) is 42.0 Å². The zero-order valence-corrected chi connectivity index (χ0v) is 12.5. The van der Waals surface area contributed by atoms with Gasteiger partial charge in [0.1, 0.15) is 0 Å². The Hall–Kier alpha value is -0.710. The monoisotopic (exact) mass is 299 g/mol. The Bertz CT molecular complexity index is 475. The number of rotatable bonds is 6. The molecule has 0 radical (unpaired) electrons. The fraction of sp³-hybridized carbons (Fsp3) is 0.500. The summed E-state index contributed by atoms with van der Waals surface area (Å²) >= 11 is 7.72. The van der Waals surface area contributed by atoms with Crippen molar-refractivity contribution in [2.24, 2.45) is 11.1 Å². The van der Waals surface area contributed by atoms with Crippen molar-refractivity contribution in [3.05, 3.63) is 28.8 Å². The Morgan fingerprint density at radius 2 is 2.26 bits per heavy atom. The number of esters is 1. The lowest BCUT2D eigenvalue weighted by Crippen LogP contribution is -2.13. The van der Waals surface area contributed by atoms with E-state index in [1.54, 1.807) is 11.8 Å². The van der Waals surface area contributed by atoms with Crippen molar-refractivity contribution in [2.75, 3.05) is 12.9 Å². The summed E-state index contributed by atoms with van der Waals surface area (Å²) in [6.07, 6.45) is 2.71. The second-order valence-corrected chi connectivity index (χ2v) is 6.45. The molecule has 0 aliphatic heterocycles. The number of carbonyl (C=O) groups excluding carboxylic acids is 1. The smallest absolute Gasteiger partial charge is 0.306 e. The Morgan fingerprint density at radius 1 is 1.53 bits per heavy atom. The molecule has 104 valence electrons. The summed E-state index contributed by atoms with van der Waals surface area (Å²) < 4.78 is 4.75. The highest BCUT2D eigenvalue weighted by Crippen LogP contribution is 2.52. The predicted molar refractivity (Wildman–Crippen MR) is 78.4 cm³/mol. The molecule has 0 unspecified atom stereocenters. The lowest BCUT2D eigenvalue weighted by atomic mass is 10.1. The third kappa shape index (κ3) is 3.88. The second-order valence-electron chi connectivity index (χ2n) is 5.00. The van der Waals surface area contributed by atoms with Gasteiger partial charge in [-0.3, -0.25) is 4.79 Å². The van der Waals surface area contributed by atoms with Crippen LogP contribution in [0.4, 0.5) is 0 Å². The van der Waals surface area contributed by atoms with E-state index in [4.69, 9.17) is 22.1 Å². The molecule has 0 saturated heterocycles. The molecule has 0 bridgehead atoms. The van der Waals surface area contributed by atoms with Gasteiger partial charge in [0.15, 0.2) is 0 Å². The quantitative estimate of drug-likeness (QED) is 0.647. The first-order valence-electron chi connectivity index (χ1n) is 6.27. The molecule has 1 aliphatic rings. The van der Waals surface area contributed by atoms with Gasteiger partial charge in [-0.1, -0.05) is 11.6 Å². The molecule has 3 nitrogen and oxygen atoms in total. The van der Waals surface area contributed by atoms with Crippen LogP contribution in [-0.4, -0.2) is 18.8 Å². The van der Waals surface area contributed by atoms with Gasteiger partial charge in [-0.2, -0.15) is 0 Å². The lowest BCUT2D eigenvalue weighted by molar-refractivity contribution is -0.141. The predicted octanol–water partition coefficient (Wildman–Crippen LogP) is 3.23. The molecule has 0 heterocycles. The molecule has 2 rings (SSSR count). The minimum absolute atomic E-state index is 0.117. The van der Waals surface area contributed by atoms with Crippen LogP contribution in [0.5, 0.6) is 0 Å². The van der Waals surface area contributed by atoms with E-state index >= 15 is 0 Å². The van der Waals surface area contributed by atoms with E-state index in [0.29, 0.717) is 18.0 Å². The SMILES string of the molecule is COC(=O)CC1(CSc2ccc(Cl)cc2CN)CC1. The number of methoxy groups -OCH3 is 1. The van der Waals surface area contributed by atoms with Crippen LogP contribution in [0.2, 0.25) is 5.02 Å². The Balaban J connectivity index is 1.97. The van der Waals surface area contributed by atoms with Crippen LogP contribution in [0, 0.1) is 5.41 Å². The maximum Gasteiger partial charge on any atom is 0.306 e. The molecule has 5 heteroatoms. The van der Waals surface area contributed by atoms with Crippen molar-refractivity contribution in [3.8, 4) is 0 Å². The maximum absolute atomic E-state index is 11.4. The van der Waals surface area contributed by atoms with Gasteiger partial charge in [0, 0.05) is 22.2 Å². The van der Waals surface area contributed by atoms with Crippen LogP contribution < -0.4 is 5.73 Å². The van der Waals surface area contributed by atoms with Gasteiger partial charge >= 0.3 is 5.97 Å². The number of carbonyl (C=O) groups is 1. The average Bonchev–Trinajstić information content (AvgIpc) is 3.17. The fourth-order valence-corrected chi connectivity index (χ4v) is 3.55. The molecule has 0 atom stereocenters. The van der Waals surface area contributed by atoms with Crippen LogP contribution in [-0.2, 0) is 16.1 Å². The number of hydrogen-bond donors (Lipinski definition) is 1. The zero-order chi connectivity index (χ0) is 13.9. The van der Waals surface area contributed by atoms with E-state index in [0.717, 1.165) is 29.1 Å². The third-order valence-corrected chi connectivity index (χ3v) is 5.18. The lowest BCUT2D eigenvalue weighted by Gasteiger charge is -2.14. The van der Waals surface area contributed by atoms with E-state index in [9.17, 15) is 4.79 Å². The van der Waals surface area contributed by atoms with Crippen molar-refractivity contribution in [2.45, 2.75) is 30.7 Å². The van der Waals surface area contributed by atoms with Gasteiger partial charge in [0.2, 0.25) is 0 Å². The average molecular weight is 300 g/mol. The summed E-state index contributed by atoms with van der Waals surface area (Å²) in [5.41, 5.74) is 6.92. The Kier molecular flexibility index (Phi) is 4.76. The topological polar surface area (TPSA) is 52.3 Å². The molecule has 1 aliphatic carbocycles. The van der Waals surface area contributed by atoms with Gasteiger partial charge < -0.3 is 10.5 Å². The van der Waals surface area contributed by atoms with E-state index in [1.807, 2.05) is 18.2 Å². The number of nitrogens with two attached hydrogens (primary N) is 1. The van der Waals surface area contributed by atoms with Crippen molar-refractivity contribution >= 4 is 29.3 Å². The Morgan fingerprint density at radius 3 is 2.84 bits per heavy atom. The standard InChI is InChI=1S/C14H18ClNO2S/c1-18-13(17)7-14(4-5-14)9-19-12-3-2-11(15)6-10(12)8-16/h2-3,6H,4-5,7-9,16H2,1H3. The highest BCUT2D eigenvalue weighted by atomic mass is 35.5. The van der Waals surface area contributed by atoms with E-state index in [1.165, 1.54) is 7.11 Å². The van der Waals surface area contributed by atoms with E-state index < -0.39 is 0 Å². The van der Waals surface area contributed by atoms with Gasteiger partial charge in [-0.15, -0.1) is 11.8 Å². The van der Waals surface area contributed by atoms with E-state index in [-0.39, 0.29) is 11.4 Å². The first kappa shape index (κ1) is 14.7. The third-order valence-electron chi connectivity index (χ3n) is 3.48. The van der Waals surface area contributed by atoms with Gasteiger partial charge in [-0.25, -0.2) is 0 Å². The number of ether oxygens (including phenoxy) is 1. The largest absolute Gasteiger partial charge is 0.469 e. The van der Waals surface area contributed by atoms with Crippen molar-refractivity contribution in [1.82, 2.24) is 0 Å². The van der Waals surface area contributed by atoms with E-state index in [2.05, 4.69) is 0 Å². The van der Waals surface area contributed by atoms with Crippen LogP contribution in [0.25, 0.3) is 0 Å². The minimum atomic E-state index is -0.117. The molecule has 1 saturated carbocycles. The second kappa shape index (κ2) is 6.16. The maximum atomic E-state index is 11.4. The summed E-state index contributed by atoms with van der Waals surface area (Å²) in [7, 11) is 1.44. The number of hydrogen-bond acceptors (Lipinski definition) is 4. The Labute approximate surface area is 122 Å². The number of halogens is 1. The van der Waals surface area contributed by atoms with Crippen LogP contribution in [0.3, 0.4) is 0 Å². The van der Waals surface area contributed by atoms with Gasteiger partial charge in [0.25, 0.3) is 0 Å². The zero-order valence-electron chi connectivity index (χ0n) is 10.9. The number of thioether (sulfide) groups is 1. The molecule has 1 fully saturated rings. The van der Waals surface area contributed by atoms with Crippen LogP contribution in [0.15, 0.2) is 23.1 Å².